The van der Waals surface area contributed by atoms with Gasteiger partial charge in [-0.05, 0) is 6.42 Å². The molecular formula is C11H20N4O5S2. The topological polar surface area (TPSA) is 165 Å². The number of carboxylic acids is 1. The van der Waals surface area contributed by atoms with Crippen LogP contribution in [0.4, 0.5) is 0 Å². The van der Waals surface area contributed by atoms with Crippen LogP contribution in [0, 0.1) is 0 Å². The van der Waals surface area contributed by atoms with Crippen molar-refractivity contribution in [2.45, 2.75) is 31.0 Å². The van der Waals surface area contributed by atoms with Gasteiger partial charge in [-0.2, -0.15) is 25.3 Å². The highest BCUT2D eigenvalue weighted by Crippen LogP contribution is 2.00. The van der Waals surface area contributed by atoms with Gasteiger partial charge in [0.15, 0.2) is 0 Å². The van der Waals surface area contributed by atoms with Gasteiger partial charge >= 0.3 is 5.97 Å². The van der Waals surface area contributed by atoms with Crippen LogP contribution in [0.25, 0.3) is 0 Å². The minimum atomic E-state index is -1.31. The average Bonchev–Trinajstić information content (AvgIpc) is 2.46. The third kappa shape index (κ3) is 7.52. The van der Waals surface area contributed by atoms with Crippen LogP contribution >= 0.6 is 25.3 Å². The molecule has 0 aliphatic heterocycles. The Balaban J connectivity index is 4.70. The van der Waals surface area contributed by atoms with Crippen molar-refractivity contribution in [3.8, 4) is 0 Å². The van der Waals surface area contributed by atoms with Gasteiger partial charge in [0.05, 0.1) is 6.04 Å². The van der Waals surface area contributed by atoms with Crippen molar-refractivity contribution in [3.05, 3.63) is 0 Å². The Hall–Kier alpha value is -1.46. The van der Waals surface area contributed by atoms with Crippen LogP contribution in [0.3, 0.4) is 0 Å². The maximum atomic E-state index is 12.0. The van der Waals surface area contributed by atoms with Crippen molar-refractivity contribution in [3.63, 3.8) is 0 Å². The summed E-state index contributed by atoms with van der Waals surface area (Å²) in [5.74, 6) is -3.31. The van der Waals surface area contributed by atoms with Gasteiger partial charge in [0.1, 0.15) is 12.1 Å². The van der Waals surface area contributed by atoms with E-state index in [2.05, 4.69) is 35.9 Å². The molecule has 0 fully saturated rings. The normalized spacial score (nSPS) is 14.5. The molecule has 0 bridgehead atoms. The van der Waals surface area contributed by atoms with Crippen LogP contribution in [0.2, 0.25) is 0 Å². The van der Waals surface area contributed by atoms with Crippen molar-refractivity contribution >= 4 is 48.9 Å². The van der Waals surface area contributed by atoms with Gasteiger partial charge in [0, 0.05) is 17.9 Å². The molecule has 126 valence electrons. The SMILES string of the molecule is NC(=O)CCC(NC(=O)C(CS)NC(=O)C(N)CS)C(=O)O. The molecule has 0 aliphatic carbocycles. The third-order valence-electron chi connectivity index (χ3n) is 2.64. The van der Waals surface area contributed by atoms with Gasteiger partial charge in [-0.25, -0.2) is 4.79 Å². The zero-order chi connectivity index (χ0) is 17.3. The van der Waals surface area contributed by atoms with Crippen molar-refractivity contribution in [1.82, 2.24) is 10.6 Å². The molecule has 11 heteroatoms. The van der Waals surface area contributed by atoms with Crippen molar-refractivity contribution in [2.24, 2.45) is 11.5 Å². The molecule has 0 saturated heterocycles. The molecule has 0 saturated carbocycles. The number of nitrogens with two attached hydrogens (primary N) is 2. The summed E-state index contributed by atoms with van der Waals surface area (Å²) in [6.45, 7) is 0. The van der Waals surface area contributed by atoms with Gasteiger partial charge in [-0.15, -0.1) is 0 Å². The molecule has 3 amide bonds. The zero-order valence-corrected chi connectivity index (χ0v) is 13.5. The molecule has 0 aliphatic rings. The van der Waals surface area contributed by atoms with Gasteiger partial charge < -0.3 is 27.2 Å². The van der Waals surface area contributed by atoms with Crippen molar-refractivity contribution in [2.75, 3.05) is 11.5 Å². The first-order valence-electron chi connectivity index (χ1n) is 6.32. The fourth-order valence-electron chi connectivity index (χ4n) is 1.37. The lowest BCUT2D eigenvalue weighted by molar-refractivity contribution is -0.142. The molecule has 3 unspecified atom stereocenters. The molecule has 7 N–H and O–H groups in total. The van der Waals surface area contributed by atoms with E-state index in [1.165, 1.54) is 0 Å². The van der Waals surface area contributed by atoms with Crippen molar-refractivity contribution < 1.29 is 24.3 Å². The Labute approximate surface area is 138 Å². The molecule has 0 aromatic rings. The summed E-state index contributed by atoms with van der Waals surface area (Å²) in [5.41, 5.74) is 10.4. The fourth-order valence-corrected chi connectivity index (χ4v) is 1.79. The number of aliphatic carboxylic acids is 1. The number of nitrogens with one attached hydrogen (secondary N) is 2. The quantitative estimate of drug-likeness (QED) is 0.215. The number of carbonyl (C=O) groups excluding carboxylic acids is 3. The third-order valence-corrected chi connectivity index (χ3v) is 3.40. The Morgan fingerprint density at radius 2 is 1.55 bits per heavy atom. The Morgan fingerprint density at radius 3 is 1.95 bits per heavy atom. The van der Waals surface area contributed by atoms with Crippen LogP contribution in [0.1, 0.15) is 12.8 Å². The largest absolute Gasteiger partial charge is 0.480 e. The van der Waals surface area contributed by atoms with Gasteiger partial charge in [0.2, 0.25) is 17.7 Å². The van der Waals surface area contributed by atoms with Crippen molar-refractivity contribution in [1.29, 1.82) is 0 Å². The predicted molar refractivity (Wildman–Crippen MR) is 85.6 cm³/mol. The highest BCUT2D eigenvalue weighted by Gasteiger charge is 2.27. The van der Waals surface area contributed by atoms with E-state index in [9.17, 15) is 19.2 Å². The number of rotatable bonds is 10. The average molecular weight is 352 g/mol. The number of hydrogen-bond acceptors (Lipinski definition) is 7. The van der Waals surface area contributed by atoms with Crippen LogP contribution in [0.5, 0.6) is 0 Å². The minimum absolute atomic E-state index is 0.0565. The summed E-state index contributed by atoms with van der Waals surface area (Å²) in [6, 6.07) is -3.25. The van der Waals surface area contributed by atoms with E-state index >= 15 is 0 Å². The first kappa shape index (κ1) is 20.5. The Morgan fingerprint density at radius 1 is 1.00 bits per heavy atom. The second kappa shape index (κ2) is 10.3. The lowest BCUT2D eigenvalue weighted by Crippen LogP contribution is -2.55. The number of thiol groups is 2. The van der Waals surface area contributed by atoms with E-state index in [0.29, 0.717) is 0 Å². The molecule has 0 heterocycles. The van der Waals surface area contributed by atoms with Crippen LogP contribution in [0.15, 0.2) is 0 Å². The van der Waals surface area contributed by atoms with E-state index in [0.717, 1.165) is 0 Å². The molecule has 0 aromatic carbocycles. The zero-order valence-electron chi connectivity index (χ0n) is 11.7. The Bertz CT molecular complexity index is 435. The van der Waals surface area contributed by atoms with E-state index < -0.39 is 41.8 Å². The monoisotopic (exact) mass is 352 g/mol. The summed E-state index contributed by atoms with van der Waals surface area (Å²) >= 11 is 7.79. The molecule has 0 radical (unpaired) electrons. The molecule has 9 nitrogen and oxygen atoms in total. The predicted octanol–water partition coefficient (Wildman–Crippen LogP) is -2.51. The molecule has 22 heavy (non-hydrogen) atoms. The molecular weight excluding hydrogens is 332 g/mol. The standard InChI is InChI=1S/C11H20N4O5S2/c12-5(3-21)9(17)15-7(4-22)10(18)14-6(11(19)20)1-2-8(13)16/h5-7,21-22H,1-4,12H2,(H2,13,16)(H,14,18)(H,15,17)(H,19,20). The smallest absolute Gasteiger partial charge is 0.326 e. The molecule has 3 atom stereocenters. The Kier molecular flexibility index (Phi) is 9.61. The van der Waals surface area contributed by atoms with Crippen LogP contribution < -0.4 is 22.1 Å². The number of hydrogen-bond donors (Lipinski definition) is 7. The summed E-state index contributed by atoms with van der Waals surface area (Å²) in [6.07, 6.45) is -0.348. The van der Waals surface area contributed by atoms with Gasteiger partial charge in [-0.3, -0.25) is 14.4 Å². The van der Waals surface area contributed by atoms with Gasteiger partial charge in [-0.1, -0.05) is 0 Å². The van der Waals surface area contributed by atoms with E-state index in [4.69, 9.17) is 16.6 Å². The van der Waals surface area contributed by atoms with E-state index in [1.54, 1.807) is 0 Å². The fraction of sp³-hybridized carbons (Fsp3) is 0.636. The number of carboxylic acid groups (broad SMARTS) is 1. The second-order valence-electron chi connectivity index (χ2n) is 4.44. The molecule has 0 rings (SSSR count). The molecule has 0 aromatic heterocycles. The summed E-state index contributed by atoms with van der Waals surface area (Å²) in [7, 11) is 0. The maximum Gasteiger partial charge on any atom is 0.326 e. The lowest BCUT2D eigenvalue weighted by Gasteiger charge is -2.21. The first-order chi connectivity index (χ1) is 10.2. The van der Waals surface area contributed by atoms with Gasteiger partial charge in [0.25, 0.3) is 0 Å². The number of carbonyl (C=O) groups is 4. The lowest BCUT2D eigenvalue weighted by atomic mass is 10.1. The first-order valence-corrected chi connectivity index (χ1v) is 7.58. The number of primary amides is 1. The minimum Gasteiger partial charge on any atom is -0.480 e. The van der Waals surface area contributed by atoms with E-state index in [1.807, 2.05) is 0 Å². The maximum absolute atomic E-state index is 12.0. The second-order valence-corrected chi connectivity index (χ2v) is 5.17. The number of amides is 3. The van der Waals surface area contributed by atoms with E-state index in [-0.39, 0.29) is 24.3 Å². The summed E-state index contributed by atoms with van der Waals surface area (Å²) in [4.78, 5) is 45.3. The summed E-state index contributed by atoms with van der Waals surface area (Å²) in [5, 5.41) is 13.6. The summed E-state index contributed by atoms with van der Waals surface area (Å²) < 4.78 is 0. The van der Waals surface area contributed by atoms with Crippen LogP contribution in [-0.4, -0.2) is 58.4 Å². The van der Waals surface area contributed by atoms with Crippen LogP contribution in [-0.2, 0) is 19.2 Å². The highest BCUT2D eigenvalue weighted by atomic mass is 32.1. The molecule has 0 spiro atoms. The highest BCUT2D eigenvalue weighted by molar-refractivity contribution is 7.80.